The smallest absolute Gasteiger partial charge is 0.323 e. The van der Waals surface area contributed by atoms with E-state index in [-0.39, 0.29) is 15.7 Å². The predicted octanol–water partition coefficient (Wildman–Crippen LogP) is 3.71. The summed E-state index contributed by atoms with van der Waals surface area (Å²) in [6.07, 6.45) is 0. The van der Waals surface area contributed by atoms with Crippen LogP contribution in [-0.2, 0) is 4.79 Å². The number of hydrogen-bond acceptors (Lipinski definition) is 2. The van der Waals surface area contributed by atoms with Crippen molar-refractivity contribution in [1.29, 1.82) is 0 Å². The molecule has 5 nitrogen and oxygen atoms in total. The second-order valence-electron chi connectivity index (χ2n) is 5.18. The summed E-state index contributed by atoms with van der Waals surface area (Å²) in [4.78, 5) is 24.3. The van der Waals surface area contributed by atoms with E-state index < -0.39 is 24.1 Å². The quantitative estimate of drug-likeness (QED) is 0.892. The molecule has 20 heavy (non-hydrogen) atoms. The molecule has 0 fully saturated rings. The lowest BCUT2D eigenvalue weighted by atomic mass is 10.1. The van der Waals surface area contributed by atoms with Gasteiger partial charge in [0, 0.05) is 5.54 Å². The van der Waals surface area contributed by atoms with E-state index in [0.29, 0.717) is 0 Å². The van der Waals surface area contributed by atoms with Gasteiger partial charge >= 0.3 is 12.0 Å². The Morgan fingerprint density at radius 2 is 1.75 bits per heavy atom. The van der Waals surface area contributed by atoms with Gasteiger partial charge < -0.3 is 15.3 Å². The van der Waals surface area contributed by atoms with Gasteiger partial charge in [-0.15, -0.1) is 0 Å². The number of rotatable bonds is 3. The number of urea groups is 1. The highest BCUT2D eigenvalue weighted by atomic mass is 35.5. The molecule has 0 saturated carbocycles. The van der Waals surface area contributed by atoms with E-state index in [1.807, 2.05) is 0 Å². The number of carboxylic acid groups (broad SMARTS) is 1. The van der Waals surface area contributed by atoms with Crippen molar-refractivity contribution in [3.63, 3.8) is 0 Å². The number of benzene rings is 1. The molecule has 0 aliphatic rings. The minimum absolute atomic E-state index is 0.264. The molecular weight excluding hydrogens is 303 g/mol. The highest BCUT2D eigenvalue weighted by Crippen LogP contribution is 2.30. The third kappa shape index (κ3) is 4.28. The van der Waals surface area contributed by atoms with Crippen molar-refractivity contribution in [3.05, 3.63) is 28.2 Å². The van der Waals surface area contributed by atoms with Gasteiger partial charge in [0.2, 0.25) is 0 Å². The van der Waals surface area contributed by atoms with Gasteiger partial charge in [0.05, 0.1) is 15.7 Å². The summed E-state index contributed by atoms with van der Waals surface area (Å²) in [6.45, 7) is 4.80. The topological polar surface area (TPSA) is 69.6 Å². The SMILES string of the molecule is CC(C)(C)N(CC(=O)O)C(=O)Nc1c(Cl)cccc1Cl. The van der Waals surface area contributed by atoms with Crippen molar-refractivity contribution in [1.82, 2.24) is 4.90 Å². The first-order valence-electron chi connectivity index (χ1n) is 5.87. The molecule has 0 bridgehead atoms. The molecule has 2 amide bonds. The molecule has 0 atom stereocenters. The molecule has 0 aliphatic carbocycles. The molecule has 2 N–H and O–H groups in total. The number of nitrogens with one attached hydrogen (secondary N) is 1. The van der Waals surface area contributed by atoms with Crippen LogP contribution in [0.5, 0.6) is 0 Å². The normalized spacial score (nSPS) is 11.1. The first-order valence-corrected chi connectivity index (χ1v) is 6.63. The molecule has 0 aliphatic heterocycles. The fourth-order valence-corrected chi connectivity index (χ4v) is 2.03. The fourth-order valence-electron chi connectivity index (χ4n) is 1.54. The summed E-state index contributed by atoms with van der Waals surface area (Å²) in [5.74, 6) is -1.10. The second kappa shape index (κ2) is 6.33. The Balaban J connectivity index is 3.00. The highest BCUT2D eigenvalue weighted by molar-refractivity contribution is 6.39. The molecule has 0 aromatic heterocycles. The summed E-state index contributed by atoms with van der Waals surface area (Å²) in [5.41, 5.74) is -0.392. The Kier molecular flexibility index (Phi) is 5.25. The number of halogens is 2. The van der Waals surface area contributed by atoms with Crippen molar-refractivity contribution in [3.8, 4) is 0 Å². The van der Waals surface area contributed by atoms with Gasteiger partial charge in [-0.3, -0.25) is 4.79 Å². The minimum atomic E-state index is -1.10. The fraction of sp³-hybridized carbons (Fsp3) is 0.385. The molecule has 7 heteroatoms. The lowest BCUT2D eigenvalue weighted by Gasteiger charge is -2.34. The van der Waals surface area contributed by atoms with Crippen LogP contribution in [0.1, 0.15) is 20.8 Å². The molecule has 0 heterocycles. The van der Waals surface area contributed by atoms with Gasteiger partial charge in [-0.25, -0.2) is 4.79 Å². The summed E-state index contributed by atoms with van der Waals surface area (Å²) in [6, 6.07) is 4.25. The zero-order valence-corrected chi connectivity index (χ0v) is 12.9. The van der Waals surface area contributed by atoms with Crippen molar-refractivity contribution < 1.29 is 14.7 Å². The number of amides is 2. The van der Waals surface area contributed by atoms with Crippen molar-refractivity contribution >= 4 is 40.9 Å². The Morgan fingerprint density at radius 3 is 2.15 bits per heavy atom. The van der Waals surface area contributed by atoms with Gasteiger partial charge in [0.15, 0.2) is 0 Å². The summed E-state index contributed by atoms with van der Waals surface area (Å²) >= 11 is 11.9. The van der Waals surface area contributed by atoms with Gasteiger partial charge in [-0.1, -0.05) is 29.3 Å². The molecule has 1 rings (SSSR count). The maximum atomic E-state index is 12.2. The van der Waals surface area contributed by atoms with Crippen molar-refractivity contribution in [2.24, 2.45) is 0 Å². The van der Waals surface area contributed by atoms with Crippen LogP contribution in [0.2, 0.25) is 10.0 Å². The lowest BCUT2D eigenvalue weighted by Crippen LogP contribution is -2.50. The van der Waals surface area contributed by atoms with Crippen LogP contribution in [0.15, 0.2) is 18.2 Å². The molecule has 0 radical (unpaired) electrons. The molecule has 1 aromatic rings. The first-order chi connectivity index (χ1) is 9.12. The number of nitrogens with zero attached hydrogens (tertiary/aromatic N) is 1. The maximum Gasteiger partial charge on any atom is 0.323 e. The van der Waals surface area contributed by atoms with Crippen LogP contribution < -0.4 is 5.32 Å². The maximum absolute atomic E-state index is 12.2. The van der Waals surface area contributed by atoms with Crippen LogP contribution in [0.3, 0.4) is 0 Å². The first kappa shape index (κ1) is 16.6. The standard InChI is InChI=1S/C13H16Cl2N2O3/c1-13(2,3)17(7-10(18)19)12(20)16-11-8(14)5-4-6-9(11)15/h4-6H,7H2,1-3H3,(H,16,20)(H,18,19). The van der Waals surface area contributed by atoms with E-state index in [1.54, 1.807) is 39.0 Å². The molecular formula is C13H16Cl2N2O3. The monoisotopic (exact) mass is 318 g/mol. The zero-order valence-electron chi connectivity index (χ0n) is 11.4. The largest absolute Gasteiger partial charge is 0.480 e. The lowest BCUT2D eigenvalue weighted by molar-refractivity contribution is -0.138. The van der Waals surface area contributed by atoms with E-state index in [1.165, 1.54) is 4.90 Å². The Bertz CT molecular complexity index is 507. The average molecular weight is 319 g/mol. The third-order valence-corrected chi connectivity index (χ3v) is 3.17. The second-order valence-corrected chi connectivity index (χ2v) is 5.99. The number of anilines is 1. The van der Waals surface area contributed by atoms with Crippen molar-refractivity contribution in [2.45, 2.75) is 26.3 Å². The van der Waals surface area contributed by atoms with Crippen LogP contribution in [0.25, 0.3) is 0 Å². The number of carbonyl (C=O) groups excluding carboxylic acids is 1. The number of para-hydroxylation sites is 1. The number of carbonyl (C=O) groups is 2. The Morgan fingerprint density at radius 1 is 1.25 bits per heavy atom. The van der Waals surface area contributed by atoms with E-state index in [4.69, 9.17) is 28.3 Å². The van der Waals surface area contributed by atoms with E-state index in [9.17, 15) is 9.59 Å². The minimum Gasteiger partial charge on any atom is -0.480 e. The van der Waals surface area contributed by atoms with Gasteiger partial charge in [-0.2, -0.15) is 0 Å². The molecule has 1 aromatic carbocycles. The average Bonchev–Trinajstić information content (AvgIpc) is 2.29. The highest BCUT2D eigenvalue weighted by Gasteiger charge is 2.29. The van der Waals surface area contributed by atoms with Gasteiger partial charge in [0.1, 0.15) is 6.54 Å². The zero-order chi connectivity index (χ0) is 15.5. The number of aliphatic carboxylic acids is 1. The number of carboxylic acids is 1. The Labute approximate surface area is 127 Å². The predicted molar refractivity (Wildman–Crippen MR) is 79.6 cm³/mol. The van der Waals surface area contributed by atoms with Crippen LogP contribution in [0.4, 0.5) is 10.5 Å². The summed E-state index contributed by atoms with van der Waals surface area (Å²) in [7, 11) is 0. The molecule has 0 saturated heterocycles. The van der Waals surface area contributed by atoms with Crippen LogP contribution in [-0.4, -0.2) is 34.1 Å². The summed E-state index contributed by atoms with van der Waals surface area (Å²) < 4.78 is 0. The van der Waals surface area contributed by atoms with E-state index in [0.717, 1.165) is 0 Å². The molecule has 0 unspecified atom stereocenters. The van der Waals surface area contributed by atoms with Crippen LogP contribution >= 0.6 is 23.2 Å². The summed E-state index contributed by atoms with van der Waals surface area (Å²) in [5, 5.41) is 12.0. The molecule has 0 spiro atoms. The molecule has 110 valence electrons. The number of hydrogen-bond donors (Lipinski definition) is 2. The van der Waals surface area contributed by atoms with Gasteiger partial charge in [-0.05, 0) is 32.9 Å². The van der Waals surface area contributed by atoms with Gasteiger partial charge in [0.25, 0.3) is 0 Å². The Hall–Kier alpha value is -1.46. The van der Waals surface area contributed by atoms with E-state index >= 15 is 0 Å². The van der Waals surface area contributed by atoms with E-state index in [2.05, 4.69) is 5.32 Å². The third-order valence-electron chi connectivity index (χ3n) is 2.54. The van der Waals surface area contributed by atoms with Crippen LogP contribution in [0, 0.1) is 0 Å². The van der Waals surface area contributed by atoms with Crippen molar-refractivity contribution in [2.75, 3.05) is 11.9 Å².